The Balaban J connectivity index is 2.82. The molecule has 0 radical (unpaired) electrons. The predicted octanol–water partition coefficient (Wildman–Crippen LogP) is 2.28. The Hall–Kier alpha value is -0.850. The highest BCUT2D eigenvalue weighted by Crippen LogP contribution is 2.26. The lowest BCUT2D eigenvalue weighted by Crippen LogP contribution is -2.31. The van der Waals surface area contributed by atoms with Crippen molar-refractivity contribution < 1.29 is 4.74 Å². The van der Waals surface area contributed by atoms with Gasteiger partial charge >= 0.3 is 0 Å². The van der Waals surface area contributed by atoms with Crippen molar-refractivity contribution in [2.45, 2.75) is 6.42 Å². The van der Waals surface area contributed by atoms with Crippen LogP contribution in [0.1, 0.15) is 6.42 Å². The largest absolute Gasteiger partial charge is 0.388 e. The highest BCUT2D eigenvalue weighted by Gasteiger charge is 2.12. The normalized spacial score (nSPS) is 10.4. The van der Waals surface area contributed by atoms with Gasteiger partial charge in [-0.2, -0.15) is 0 Å². The van der Waals surface area contributed by atoms with Crippen LogP contribution < -0.4 is 10.6 Å². The van der Waals surface area contributed by atoms with Gasteiger partial charge in [0, 0.05) is 37.3 Å². The molecule has 0 amide bonds. The van der Waals surface area contributed by atoms with Gasteiger partial charge in [-0.05, 0) is 22.0 Å². The molecule has 1 aromatic heterocycles. The van der Waals surface area contributed by atoms with Crippen LogP contribution in [0, 0.1) is 5.41 Å². The summed E-state index contributed by atoms with van der Waals surface area (Å²) in [6.45, 7) is 1.80. The Labute approximate surface area is 120 Å². The van der Waals surface area contributed by atoms with Crippen molar-refractivity contribution in [3.63, 3.8) is 0 Å². The first kappa shape index (κ1) is 15.2. The van der Waals surface area contributed by atoms with Gasteiger partial charge in [0.15, 0.2) is 0 Å². The van der Waals surface area contributed by atoms with Crippen LogP contribution in [-0.4, -0.2) is 37.6 Å². The van der Waals surface area contributed by atoms with E-state index in [1.807, 2.05) is 4.90 Å². The van der Waals surface area contributed by atoms with Gasteiger partial charge in [-0.3, -0.25) is 5.41 Å². The molecular weight excluding hydrogens is 320 g/mol. The van der Waals surface area contributed by atoms with Crippen LogP contribution >= 0.6 is 27.5 Å². The third-order valence-electron chi connectivity index (χ3n) is 2.30. The van der Waals surface area contributed by atoms with Crippen LogP contribution in [0.25, 0.3) is 0 Å². The van der Waals surface area contributed by atoms with Crippen molar-refractivity contribution in [3.8, 4) is 0 Å². The first-order valence-electron chi connectivity index (χ1n) is 5.42. The monoisotopic (exact) mass is 334 g/mol. The van der Waals surface area contributed by atoms with E-state index in [0.29, 0.717) is 37.0 Å². The molecule has 18 heavy (non-hydrogen) atoms. The van der Waals surface area contributed by atoms with Gasteiger partial charge in [0.25, 0.3) is 0 Å². The van der Waals surface area contributed by atoms with Crippen molar-refractivity contribution in [1.82, 2.24) is 4.98 Å². The molecule has 1 heterocycles. The van der Waals surface area contributed by atoms with E-state index >= 15 is 0 Å². The Morgan fingerprint density at radius 1 is 1.61 bits per heavy atom. The molecule has 100 valence electrons. The van der Waals surface area contributed by atoms with Crippen LogP contribution in [0.15, 0.2) is 16.7 Å². The summed E-state index contributed by atoms with van der Waals surface area (Å²) < 4.78 is 5.89. The Morgan fingerprint density at radius 3 is 2.89 bits per heavy atom. The van der Waals surface area contributed by atoms with Gasteiger partial charge < -0.3 is 15.4 Å². The van der Waals surface area contributed by atoms with Crippen molar-refractivity contribution in [2.24, 2.45) is 5.73 Å². The number of pyridine rings is 1. The van der Waals surface area contributed by atoms with Crippen LogP contribution in [0.5, 0.6) is 0 Å². The maximum Gasteiger partial charge on any atom is 0.147 e. The van der Waals surface area contributed by atoms with Gasteiger partial charge in [-0.15, -0.1) is 0 Å². The van der Waals surface area contributed by atoms with E-state index in [1.54, 1.807) is 19.4 Å². The number of nitrogens with two attached hydrogens (primary N) is 1. The van der Waals surface area contributed by atoms with E-state index in [1.165, 1.54) is 0 Å². The quantitative estimate of drug-likeness (QED) is 0.592. The molecule has 3 N–H and O–H groups in total. The van der Waals surface area contributed by atoms with E-state index in [2.05, 4.69) is 20.9 Å². The van der Waals surface area contributed by atoms with Crippen molar-refractivity contribution in [3.05, 3.63) is 21.8 Å². The Kier molecular flexibility index (Phi) is 6.38. The second-order valence-corrected chi connectivity index (χ2v) is 5.04. The van der Waals surface area contributed by atoms with E-state index in [4.69, 9.17) is 27.5 Å². The van der Waals surface area contributed by atoms with Crippen molar-refractivity contribution in [1.29, 1.82) is 5.41 Å². The maximum absolute atomic E-state index is 7.27. The lowest BCUT2D eigenvalue weighted by Gasteiger charge is -2.24. The first-order chi connectivity index (χ1) is 8.54. The number of rotatable bonds is 7. The van der Waals surface area contributed by atoms with Gasteiger partial charge in [0.2, 0.25) is 0 Å². The highest BCUT2D eigenvalue weighted by molar-refractivity contribution is 9.10. The van der Waals surface area contributed by atoms with Gasteiger partial charge in [0.05, 0.1) is 17.5 Å². The maximum atomic E-state index is 7.27. The standard InChI is InChI=1S/C11H16BrClN4O/c1-18-5-4-17(3-2-10(14)15)11-9(13)6-8(12)7-16-11/h6-7H,2-5H2,1H3,(H3,14,15). The molecule has 7 heteroatoms. The second kappa shape index (κ2) is 7.56. The second-order valence-electron chi connectivity index (χ2n) is 3.71. The molecule has 0 aliphatic carbocycles. The summed E-state index contributed by atoms with van der Waals surface area (Å²) in [5.41, 5.74) is 5.37. The zero-order valence-electron chi connectivity index (χ0n) is 10.1. The Morgan fingerprint density at radius 2 is 2.33 bits per heavy atom. The number of nitrogens with one attached hydrogen (secondary N) is 1. The van der Waals surface area contributed by atoms with E-state index in [-0.39, 0.29) is 5.84 Å². The number of hydrogen-bond acceptors (Lipinski definition) is 4. The number of aromatic nitrogens is 1. The van der Waals surface area contributed by atoms with Crippen LogP contribution in [0.4, 0.5) is 5.82 Å². The number of nitrogens with zero attached hydrogens (tertiary/aromatic N) is 2. The third-order valence-corrected chi connectivity index (χ3v) is 3.02. The average Bonchev–Trinajstić information content (AvgIpc) is 2.30. The van der Waals surface area contributed by atoms with E-state index < -0.39 is 0 Å². The Bertz CT molecular complexity index is 416. The van der Waals surface area contributed by atoms with Gasteiger partial charge in [-0.25, -0.2) is 4.98 Å². The first-order valence-corrected chi connectivity index (χ1v) is 6.59. The minimum absolute atomic E-state index is 0.144. The van der Waals surface area contributed by atoms with Crippen molar-refractivity contribution >= 4 is 39.2 Å². The number of hydrogen-bond donors (Lipinski definition) is 2. The number of halogens is 2. The fourth-order valence-corrected chi connectivity index (χ4v) is 2.17. The third kappa shape index (κ3) is 4.80. The molecule has 0 bridgehead atoms. The van der Waals surface area contributed by atoms with Crippen LogP contribution in [-0.2, 0) is 4.74 Å². The topological polar surface area (TPSA) is 75.2 Å². The summed E-state index contributed by atoms with van der Waals surface area (Å²) in [6, 6.07) is 1.79. The summed E-state index contributed by atoms with van der Waals surface area (Å²) in [4.78, 5) is 6.25. The molecule has 0 saturated carbocycles. The summed E-state index contributed by atoms with van der Waals surface area (Å²) >= 11 is 9.47. The van der Waals surface area contributed by atoms with Gasteiger partial charge in [0.1, 0.15) is 5.82 Å². The molecule has 1 aromatic rings. The molecule has 0 atom stereocenters. The van der Waals surface area contributed by atoms with Gasteiger partial charge in [-0.1, -0.05) is 11.6 Å². The van der Waals surface area contributed by atoms with E-state index in [0.717, 1.165) is 4.47 Å². The van der Waals surface area contributed by atoms with Crippen LogP contribution in [0.3, 0.4) is 0 Å². The lowest BCUT2D eigenvalue weighted by molar-refractivity contribution is 0.205. The van der Waals surface area contributed by atoms with E-state index in [9.17, 15) is 0 Å². The summed E-state index contributed by atoms with van der Waals surface area (Å²) in [5.74, 6) is 0.823. The zero-order valence-corrected chi connectivity index (χ0v) is 12.5. The number of amidine groups is 1. The summed E-state index contributed by atoms with van der Waals surface area (Å²) in [6.07, 6.45) is 2.16. The summed E-state index contributed by atoms with van der Waals surface area (Å²) in [5, 5.41) is 7.83. The minimum atomic E-state index is 0.144. The molecule has 0 aliphatic rings. The SMILES string of the molecule is COCCN(CCC(=N)N)c1ncc(Br)cc1Cl. The fourth-order valence-electron chi connectivity index (χ4n) is 1.42. The molecule has 0 spiro atoms. The fraction of sp³-hybridized carbons (Fsp3) is 0.455. The smallest absolute Gasteiger partial charge is 0.147 e. The minimum Gasteiger partial charge on any atom is -0.388 e. The number of anilines is 1. The molecule has 5 nitrogen and oxygen atoms in total. The molecule has 1 rings (SSSR count). The molecule has 0 unspecified atom stereocenters. The number of ether oxygens (including phenoxy) is 1. The molecule has 0 aromatic carbocycles. The average molecular weight is 336 g/mol. The highest BCUT2D eigenvalue weighted by atomic mass is 79.9. The summed E-state index contributed by atoms with van der Waals surface area (Å²) in [7, 11) is 1.64. The molecular formula is C11H16BrClN4O. The predicted molar refractivity (Wildman–Crippen MR) is 77.6 cm³/mol. The molecule has 0 fully saturated rings. The van der Waals surface area contributed by atoms with Crippen LogP contribution in [0.2, 0.25) is 5.02 Å². The van der Waals surface area contributed by atoms with Crippen molar-refractivity contribution in [2.75, 3.05) is 31.7 Å². The number of methoxy groups -OCH3 is 1. The zero-order chi connectivity index (χ0) is 13.5. The molecule has 0 saturated heterocycles. The molecule has 0 aliphatic heterocycles. The lowest BCUT2D eigenvalue weighted by atomic mass is 10.3.